The Morgan fingerprint density at radius 3 is 2.81 bits per heavy atom. The number of amides is 1. The molecule has 0 saturated heterocycles. The lowest BCUT2D eigenvalue weighted by Gasteiger charge is -1.99. The zero-order valence-electron chi connectivity index (χ0n) is 8.71. The molecule has 0 aliphatic rings. The first-order valence-electron chi connectivity index (χ1n) is 4.66. The number of nitrogen functional groups attached to an aromatic ring is 1. The Morgan fingerprint density at radius 1 is 1.50 bits per heavy atom. The van der Waals surface area contributed by atoms with Crippen molar-refractivity contribution in [3.8, 4) is 5.82 Å². The Morgan fingerprint density at radius 2 is 2.25 bits per heavy atom. The Balaban J connectivity index is 2.49. The number of carbonyl (C=O) groups excluding carboxylic acids is 1. The lowest BCUT2D eigenvalue weighted by Crippen LogP contribution is -2.14. The number of hydrogen-bond donors (Lipinski definition) is 2. The number of pyridine rings is 1. The molecule has 0 saturated carbocycles. The quantitative estimate of drug-likeness (QED) is 0.753. The number of nitrogens with zero attached hydrogens (tertiary/aromatic N) is 3. The van der Waals surface area contributed by atoms with Crippen molar-refractivity contribution in [2.75, 3.05) is 5.73 Å². The summed E-state index contributed by atoms with van der Waals surface area (Å²) in [6.07, 6.45) is 3.17. The van der Waals surface area contributed by atoms with Crippen molar-refractivity contribution in [1.29, 1.82) is 0 Å². The molecule has 6 heteroatoms. The number of aromatic nitrogens is 3. The minimum atomic E-state index is -0.649. The van der Waals surface area contributed by atoms with Gasteiger partial charge < -0.3 is 11.5 Å². The SMILES string of the molecule is Cc1ccnc(-n2cc(N)c(C(N)=O)n2)c1. The van der Waals surface area contributed by atoms with Crippen LogP contribution in [0.25, 0.3) is 5.82 Å². The average molecular weight is 217 g/mol. The fraction of sp³-hybridized carbons (Fsp3) is 0.100. The molecule has 2 aromatic rings. The molecule has 0 aliphatic carbocycles. The van der Waals surface area contributed by atoms with Gasteiger partial charge >= 0.3 is 0 Å². The van der Waals surface area contributed by atoms with Crippen molar-refractivity contribution in [2.45, 2.75) is 6.92 Å². The molecule has 2 heterocycles. The minimum Gasteiger partial charge on any atom is -0.396 e. The summed E-state index contributed by atoms with van der Waals surface area (Å²) in [5.41, 5.74) is 12.1. The molecular formula is C10H11N5O. The Kier molecular flexibility index (Phi) is 2.32. The van der Waals surface area contributed by atoms with Gasteiger partial charge in [0.25, 0.3) is 5.91 Å². The van der Waals surface area contributed by atoms with Gasteiger partial charge in [-0.05, 0) is 24.6 Å². The van der Waals surface area contributed by atoms with E-state index in [1.807, 2.05) is 19.1 Å². The summed E-state index contributed by atoms with van der Waals surface area (Å²) in [6, 6.07) is 3.70. The number of anilines is 1. The van der Waals surface area contributed by atoms with Crippen molar-refractivity contribution < 1.29 is 4.79 Å². The lowest BCUT2D eigenvalue weighted by atomic mass is 10.3. The highest BCUT2D eigenvalue weighted by Crippen LogP contribution is 2.12. The Labute approximate surface area is 91.9 Å². The van der Waals surface area contributed by atoms with E-state index in [0.29, 0.717) is 5.82 Å². The lowest BCUT2D eigenvalue weighted by molar-refractivity contribution is 0.0996. The van der Waals surface area contributed by atoms with Crippen LogP contribution >= 0.6 is 0 Å². The molecule has 0 spiro atoms. The fourth-order valence-corrected chi connectivity index (χ4v) is 1.34. The van der Waals surface area contributed by atoms with Gasteiger partial charge in [0, 0.05) is 6.20 Å². The summed E-state index contributed by atoms with van der Waals surface area (Å²) in [6.45, 7) is 1.94. The van der Waals surface area contributed by atoms with Gasteiger partial charge in [-0.15, -0.1) is 0 Å². The van der Waals surface area contributed by atoms with E-state index in [1.165, 1.54) is 10.9 Å². The standard InChI is InChI=1S/C10H11N5O/c1-6-2-3-13-8(4-6)15-5-7(11)9(14-15)10(12)16/h2-5H,11H2,1H3,(H2,12,16). The van der Waals surface area contributed by atoms with E-state index in [2.05, 4.69) is 10.1 Å². The van der Waals surface area contributed by atoms with Crippen molar-refractivity contribution in [3.63, 3.8) is 0 Å². The first-order chi connectivity index (χ1) is 7.58. The second kappa shape index (κ2) is 3.65. The maximum Gasteiger partial charge on any atom is 0.271 e. The van der Waals surface area contributed by atoms with Gasteiger partial charge in [-0.3, -0.25) is 4.79 Å². The average Bonchev–Trinajstić information content (AvgIpc) is 2.60. The molecule has 0 unspecified atom stereocenters. The Bertz CT molecular complexity index is 546. The van der Waals surface area contributed by atoms with Crippen LogP contribution in [0.4, 0.5) is 5.69 Å². The van der Waals surface area contributed by atoms with Gasteiger partial charge in [-0.1, -0.05) is 0 Å². The summed E-state index contributed by atoms with van der Waals surface area (Å²) in [4.78, 5) is 15.1. The van der Waals surface area contributed by atoms with E-state index < -0.39 is 5.91 Å². The highest BCUT2D eigenvalue weighted by atomic mass is 16.1. The third-order valence-corrected chi connectivity index (χ3v) is 2.11. The van der Waals surface area contributed by atoms with Crippen molar-refractivity contribution >= 4 is 11.6 Å². The molecule has 2 aromatic heterocycles. The smallest absolute Gasteiger partial charge is 0.271 e. The number of aryl methyl sites for hydroxylation is 1. The predicted molar refractivity (Wildman–Crippen MR) is 59.0 cm³/mol. The van der Waals surface area contributed by atoms with E-state index in [1.54, 1.807) is 6.20 Å². The topological polar surface area (TPSA) is 99.8 Å². The van der Waals surface area contributed by atoms with Gasteiger partial charge in [-0.2, -0.15) is 5.10 Å². The van der Waals surface area contributed by atoms with Crippen molar-refractivity contribution in [3.05, 3.63) is 35.8 Å². The van der Waals surface area contributed by atoms with E-state index in [0.717, 1.165) is 5.56 Å². The van der Waals surface area contributed by atoms with Crippen LogP contribution in [0, 0.1) is 6.92 Å². The van der Waals surface area contributed by atoms with E-state index in [9.17, 15) is 4.79 Å². The van der Waals surface area contributed by atoms with Crippen LogP contribution in [0.5, 0.6) is 0 Å². The molecule has 2 rings (SSSR count). The van der Waals surface area contributed by atoms with Crippen LogP contribution in [0.3, 0.4) is 0 Å². The molecular weight excluding hydrogens is 206 g/mol. The van der Waals surface area contributed by atoms with Crippen molar-refractivity contribution in [1.82, 2.24) is 14.8 Å². The van der Waals surface area contributed by atoms with Crippen LogP contribution in [0.1, 0.15) is 16.1 Å². The van der Waals surface area contributed by atoms with Crippen LogP contribution in [-0.2, 0) is 0 Å². The molecule has 0 fully saturated rings. The largest absolute Gasteiger partial charge is 0.396 e. The minimum absolute atomic E-state index is 0.0586. The second-order valence-electron chi connectivity index (χ2n) is 3.43. The zero-order chi connectivity index (χ0) is 11.7. The van der Waals surface area contributed by atoms with E-state index in [-0.39, 0.29) is 11.4 Å². The summed E-state index contributed by atoms with van der Waals surface area (Å²) >= 11 is 0. The highest BCUT2D eigenvalue weighted by molar-refractivity contribution is 5.95. The number of hydrogen-bond acceptors (Lipinski definition) is 4. The highest BCUT2D eigenvalue weighted by Gasteiger charge is 2.12. The third-order valence-electron chi connectivity index (χ3n) is 2.11. The number of rotatable bonds is 2. The number of primary amides is 1. The van der Waals surface area contributed by atoms with Crippen molar-refractivity contribution in [2.24, 2.45) is 5.73 Å². The molecule has 6 nitrogen and oxygen atoms in total. The Hall–Kier alpha value is -2.37. The van der Waals surface area contributed by atoms with Crippen LogP contribution < -0.4 is 11.5 Å². The predicted octanol–water partition coefficient (Wildman–Crippen LogP) is 0.257. The molecule has 0 bridgehead atoms. The molecule has 4 N–H and O–H groups in total. The maximum absolute atomic E-state index is 11.0. The number of nitrogens with two attached hydrogens (primary N) is 2. The van der Waals surface area contributed by atoms with Gasteiger partial charge in [0.05, 0.1) is 11.9 Å². The first kappa shape index (κ1) is 10.2. The maximum atomic E-state index is 11.0. The van der Waals surface area contributed by atoms with Crippen LogP contribution in [0.2, 0.25) is 0 Å². The van der Waals surface area contributed by atoms with Gasteiger partial charge in [0.2, 0.25) is 0 Å². The monoisotopic (exact) mass is 217 g/mol. The van der Waals surface area contributed by atoms with Gasteiger partial charge in [0.15, 0.2) is 11.5 Å². The fourth-order valence-electron chi connectivity index (χ4n) is 1.34. The zero-order valence-corrected chi connectivity index (χ0v) is 8.71. The van der Waals surface area contributed by atoms with Gasteiger partial charge in [0.1, 0.15) is 0 Å². The molecule has 0 aliphatic heterocycles. The molecule has 1 amide bonds. The molecule has 0 atom stereocenters. The summed E-state index contributed by atoms with van der Waals surface area (Å²) in [7, 11) is 0. The summed E-state index contributed by atoms with van der Waals surface area (Å²) < 4.78 is 1.43. The third kappa shape index (κ3) is 1.72. The molecule has 16 heavy (non-hydrogen) atoms. The molecule has 0 aromatic carbocycles. The molecule has 0 radical (unpaired) electrons. The molecule has 82 valence electrons. The normalized spacial score (nSPS) is 10.3. The number of carbonyl (C=O) groups is 1. The van der Waals surface area contributed by atoms with Gasteiger partial charge in [-0.25, -0.2) is 9.67 Å². The summed E-state index contributed by atoms with van der Waals surface area (Å²) in [5, 5.41) is 3.98. The van der Waals surface area contributed by atoms with E-state index in [4.69, 9.17) is 11.5 Å². The van der Waals surface area contributed by atoms with E-state index >= 15 is 0 Å². The van der Waals surface area contributed by atoms with Crippen LogP contribution in [-0.4, -0.2) is 20.7 Å². The summed E-state index contributed by atoms with van der Waals surface area (Å²) in [5.74, 6) is -0.0527. The first-order valence-corrected chi connectivity index (χ1v) is 4.66. The van der Waals surface area contributed by atoms with Crippen LogP contribution in [0.15, 0.2) is 24.5 Å². The second-order valence-corrected chi connectivity index (χ2v) is 3.43.